The van der Waals surface area contributed by atoms with E-state index in [0.29, 0.717) is 5.11 Å². The standard InChI is InChI=1S/C18H27BrN2O3S/c1-17(2,3)23-11-14(15(22)24-18(4,5)6)21-16(25)20-13-9-7-12(19)8-10-13/h7-10,14H,11H2,1-6H3,(H2,20,21,25). The van der Waals surface area contributed by atoms with Gasteiger partial charge in [-0.1, -0.05) is 15.9 Å². The zero-order chi connectivity index (χ0) is 19.3. The molecule has 0 heterocycles. The van der Waals surface area contributed by atoms with Gasteiger partial charge in [0.15, 0.2) is 5.11 Å². The van der Waals surface area contributed by atoms with Crippen LogP contribution in [0.2, 0.25) is 0 Å². The van der Waals surface area contributed by atoms with E-state index in [4.69, 9.17) is 21.7 Å². The maximum atomic E-state index is 12.5. The minimum atomic E-state index is -0.700. The number of halogens is 1. The Morgan fingerprint density at radius 1 is 1.12 bits per heavy atom. The summed E-state index contributed by atoms with van der Waals surface area (Å²) in [5.74, 6) is -0.406. The number of hydrogen-bond acceptors (Lipinski definition) is 4. The highest BCUT2D eigenvalue weighted by Crippen LogP contribution is 2.15. The number of carbonyl (C=O) groups is 1. The first-order valence-electron chi connectivity index (χ1n) is 8.06. The number of ether oxygens (including phenoxy) is 2. The second-order valence-electron chi connectivity index (χ2n) is 7.61. The van der Waals surface area contributed by atoms with Crippen LogP contribution in [0.15, 0.2) is 28.7 Å². The molecule has 1 aromatic carbocycles. The summed E-state index contributed by atoms with van der Waals surface area (Å²) in [6.45, 7) is 11.4. The van der Waals surface area contributed by atoms with Gasteiger partial charge in [0.05, 0.1) is 12.2 Å². The third-order valence-electron chi connectivity index (χ3n) is 2.78. The quantitative estimate of drug-likeness (QED) is 0.537. The zero-order valence-corrected chi connectivity index (χ0v) is 18.0. The molecule has 0 aliphatic carbocycles. The Labute approximate surface area is 164 Å². The van der Waals surface area contributed by atoms with E-state index in [2.05, 4.69) is 26.6 Å². The highest BCUT2D eigenvalue weighted by Gasteiger charge is 2.27. The van der Waals surface area contributed by atoms with Crippen molar-refractivity contribution in [3.05, 3.63) is 28.7 Å². The Bertz CT molecular complexity index is 592. The fourth-order valence-electron chi connectivity index (χ4n) is 1.73. The van der Waals surface area contributed by atoms with Crippen LogP contribution in [-0.4, -0.2) is 34.9 Å². The second kappa shape index (κ2) is 8.96. The summed E-state index contributed by atoms with van der Waals surface area (Å²) in [5, 5.41) is 6.36. The monoisotopic (exact) mass is 430 g/mol. The number of esters is 1. The number of thiocarbonyl (C=S) groups is 1. The molecule has 0 saturated carbocycles. The van der Waals surface area contributed by atoms with Crippen LogP contribution in [0.4, 0.5) is 5.69 Å². The number of carbonyl (C=O) groups excluding carboxylic acids is 1. The number of hydrogen-bond donors (Lipinski definition) is 2. The average molecular weight is 431 g/mol. The molecule has 0 saturated heterocycles. The molecule has 1 aromatic rings. The Kier molecular flexibility index (Phi) is 7.84. The van der Waals surface area contributed by atoms with Gasteiger partial charge in [0.1, 0.15) is 11.6 Å². The maximum Gasteiger partial charge on any atom is 0.331 e. The largest absolute Gasteiger partial charge is 0.458 e. The molecule has 0 amide bonds. The summed E-state index contributed by atoms with van der Waals surface area (Å²) >= 11 is 8.70. The summed E-state index contributed by atoms with van der Waals surface area (Å²) in [6.07, 6.45) is 0. The van der Waals surface area contributed by atoms with Gasteiger partial charge in [-0.05, 0) is 78.0 Å². The van der Waals surface area contributed by atoms with Crippen LogP contribution in [0.3, 0.4) is 0 Å². The van der Waals surface area contributed by atoms with Gasteiger partial charge in [-0.25, -0.2) is 4.79 Å². The first kappa shape index (κ1) is 21.9. The number of benzene rings is 1. The summed E-state index contributed by atoms with van der Waals surface area (Å²) in [4.78, 5) is 12.5. The van der Waals surface area contributed by atoms with Gasteiger partial charge in [-0.3, -0.25) is 0 Å². The smallest absolute Gasteiger partial charge is 0.331 e. The molecule has 0 bridgehead atoms. The van der Waals surface area contributed by atoms with Crippen molar-refractivity contribution < 1.29 is 14.3 Å². The van der Waals surface area contributed by atoms with Crippen molar-refractivity contribution in [3.8, 4) is 0 Å². The summed E-state index contributed by atoms with van der Waals surface area (Å²) < 4.78 is 12.2. The lowest BCUT2D eigenvalue weighted by Crippen LogP contribution is -2.49. The molecule has 1 unspecified atom stereocenters. The van der Waals surface area contributed by atoms with E-state index in [9.17, 15) is 4.79 Å². The van der Waals surface area contributed by atoms with Gasteiger partial charge < -0.3 is 20.1 Å². The van der Waals surface area contributed by atoms with Crippen molar-refractivity contribution in [1.29, 1.82) is 0 Å². The van der Waals surface area contributed by atoms with Crippen molar-refractivity contribution in [2.75, 3.05) is 11.9 Å². The topological polar surface area (TPSA) is 59.6 Å². The Balaban J connectivity index is 2.74. The lowest BCUT2D eigenvalue weighted by atomic mass is 10.1. The number of nitrogens with one attached hydrogen (secondary N) is 2. The molecular formula is C18H27BrN2O3S. The summed E-state index contributed by atoms with van der Waals surface area (Å²) in [5.41, 5.74) is -0.136. The minimum Gasteiger partial charge on any atom is -0.458 e. The fourth-order valence-corrected chi connectivity index (χ4v) is 2.26. The Hall–Kier alpha value is -1.18. The van der Waals surface area contributed by atoms with Gasteiger partial charge in [0.2, 0.25) is 0 Å². The van der Waals surface area contributed by atoms with Crippen LogP contribution in [0, 0.1) is 0 Å². The minimum absolute atomic E-state index is 0.153. The van der Waals surface area contributed by atoms with Crippen molar-refractivity contribution in [2.45, 2.75) is 58.8 Å². The van der Waals surface area contributed by atoms with Gasteiger partial charge in [0, 0.05) is 10.2 Å². The first-order chi connectivity index (χ1) is 11.4. The van der Waals surface area contributed by atoms with E-state index >= 15 is 0 Å². The van der Waals surface area contributed by atoms with E-state index in [1.165, 1.54) is 0 Å². The summed E-state index contributed by atoms with van der Waals surface area (Å²) in [7, 11) is 0. The molecule has 0 aliphatic rings. The van der Waals surface area contributed by atoms with Crippen LogP contribution in [0.1, 0.15) is 41.5 Å². The molecule has 25 heavy (non-hydrogen) atoms. The van der Waals surface area contributed by atoms with E-state index in [1.807, 2.05) is 65.8 Å². The molecule has 140 valence electrons. The normalized spacial score (nSPS) is 13.1. The van der Waals surface area contributed by atoms with Gasteiger partial charge in [0.25, 0.3) is 0 Å². The van der Waals surface area contributed by atoms with Crippen molar-refractivity contribution in [3.63, 3.8) is 0 Å². The fraction of sp³-hybridized carbons (Fsp3) is 0.556. The molecule has 1 atom stereocenters. The van der Waals surface area contributed by atoms with Crippen molar-refractivity contribution in [2.24, 2.45) is 0 Å². The summed E-state index contributed by atoms with van der Waals surface area (Å²) in [6, 6.07) is 6.87. The van der Waals surface area contributed by atoms with Crippen LogP contribution in [0.25, 0.3) is 0 Å². The molecule has 7 heteroatoms. The average Bonchev–Trinajstić information content (AvgIpc) is 2.43. The second-order valence-corrected chi connectivity index (χ2v) is 8.94. The van der Waals surface area contributed by atoms with Crippen LogP contribution < -0.4 is 10.6 Å². The van der Waals surface area contributed by atoms with Crippen molar-refractivity contribution in [1.82, 2.24) is 5.32 Å². The number of anilines is 1. The van der Waals surface area contributed by atoms with Crippen LogP contribution in [0.5, 0.6) is 0 Å². The van der Waals surface area contributed by atoms with Gasteiger partial charge in [-0.2, -0.15) is 0 Å². The Morgan fingerprint density at radius 2 is 1.68 bits per heavy atom. The SMILES string of the molecule is CC(C)(C)OCC(NC(=S)Nc1ccc(Br)cc1)C(=O)OC(C)(C)C. The molecule has 0 radical (unpaired) electrons. The predicted molar refractivity (Wildman–Crippen MR) is 109 cm³/mol. The van der Waals surface area contributed by atoms with Gasteiger partial charge in [-0.15, -0.1) is 0 Å². The molecule has 5 nitrogen and oxygen atoms in total. The van der Waals surface area contributed by atoms with Crippen molar-refractivity contribution >= 4 is 44.9 Å². The zero-order valence-electron chi connectivity index (χ0n) is 15.6. The molecule has 0 aliphatic heterocycles. The Morgan fingerprint density at radius 3 is 2.16 bits per heavy atom. The first-order valence-corrected chi connectivity index (χ1v) is 9.26. The third kappa shape index (κ3) is 9.77. The highest BCUT2D eigenvalue weighted by atomic mass is 79.9. The van der Waals surface area contributed by atoms with E-state index in [1.54, 1.807) is 0 Å². The van der Waals surface area contributed by atoms with Crippen LogP contribution >= 0.6 is 28.1 Å². The molecular weight excluding hydrogens is 404 g/mol. The molecule has 0 fully saturated rings. The lowest BCUT2D eigenvalue weighted by Gasteiger charge is -2.28. The van der Waals surface area contributed by atoms with E-state index in [-0.39, 0.29) is 12.2 Å². The molecule has 0 spiro atoms. The highest BCUT2D eigenvalue weighted by molar-refractivity contribution is 9.10. The lowest BCUT2D eigenvalue weighted by molar-refractivity contribution is -0.159. The van der Waals surface area contributed by atoms with Crippen LogP contribution in [-0.2, 0) is 14.3 Å². The number of rotatable bonds is 5. The maximum absolute atomic E-state index is 12.5. The molecule has 0 aromatic heterocycles. The predicted octanol–water partition coefficient (Wildman–Crippen LogP) is 4.26. The molecule has 1 rings (SSSR count). The van der Waals surface area contributed by atoms with E-state index < -0.39 is 17.6 Å². The van der Waals surface area contributed by atoms with E-state index in [0.717, 1.165) is 10.2 Å². The third-order valence-corrected chi connectivity index (χ3v) is 3.53. The van der Waals surface area contributed by atoms with Gasteiger partial charge >= 0.3 is 5.97 Å². The molecule has 2 N–H and O–H groups in total.